The molecule has 0 fully saturated rings. The molecule has 0 heterocycles. The van der Waals surface area contributed by atoms with Crippen LogP contribution in [0.2, 0.25) is 0 Å². The van der Waals surface area contributed by atoms with Gasteiger partial charge in [-0.3, -0.25) is 0 Å². The number of allylic oxidation sites excluding steroid dienone is 1. The van der Waals surface area contributed by atoms with Crippen molar-refractivity contribution in [3.8, 4) is 0 Å². The molecule has 0 saturated carbocycles. The van der Waals surface area contributed by atoms with Crippen LogP contribution in [0.15, 0.2) is 48.9 Å². The summed E-state index contributed by atoms with van der Waals surface area (Å²) >= 11 is 0. The van der Waals surface area contributed by atoms with Crippen LogP contribution in [0.3, 0.4) is 0 Å². The number of nitrogens with two attached hydrogens (primary N) is 1. The van der Waals surface area contributed by atoms with E-state index >= 15 is 0 Å². The largest absolute Gasteiger partial charge is 0.403 e. The maximum atomic E-state index is 5.87. The highest BCUT2D eigenvalue weighted by atomic mass is 15.2. The Morgan fingerprint density at radius 1 is 1.40 bits per heavy atom. The molecule has 1 aliphatic rings. The predicted molar refractivity (Wildman–Crippen MR) is 85.8 cm³/mol. The normalized spacial score (nSPS) is 20.9. The lowest BCUT2D eigenvalue weighted by Gasteiger charge is -2.39. The van der Waals surface area contributed by atoms with Crippen LogP contribution in [0.25, 0.3) is 0 Å². The molecule has 0 bridgehead atoms. The molecule has 0 aliphatic heterocycles. The summed E-state index contributed by atoms with van der Waals surface area (Å²) in [5.41, 5.74) is 10.0. The van der Waals surface area contributed by atoms with E-state index in [1.165, 1.54) is 11.1 Å². The first-order valence-corrected chi connectivity index (χ1v) is 7.33. The Labute approximate surface area is 123 Å². The third kappa shape index (κ3) is 2.35. The van der Waals surface area contributed by atoms with Crippen LogP contribution in [0.4, 0.5) is 0 Å². The summed E-state index contributed by atoms with van der Waals surface area (Å²) in [6, 6.07) is 9.01. The lowest BCUT2D eigenvalue weighted by Crippen LogP contribution is -2.33. The van der Waals surface area contributed by atoms with Crippen molar-refractivity contribution >= 4 is 0 Å². The van der Waals surface area contributed by atoms with Crippen molar-refractivity contribution in [1.29, 1.82) is 0 Å². The average molecular weight is 270 g/mol. The van der Waals surface area contributed by atoms with Gasteiger partial charge in [-0.1, -0.05) is 58.5 Å². The van der Waals surface area contributed by atoms with Crippen LogP contribution < -0.4 is 5.73 Å². The highest BCUT2D eigenvalue weighted by molar-refractivity contribution is 5.39. The van der Waals surface area contributed by atoms with Crippen molar-refractivity contribution in [3.63, 3.8) is 0 Å². The number of hydrogen-bond acceptors (Lipinski definition) is 2. The summed E-state index contributed by atoms with van der Waals surface area (Å²) in [6.07, 6.45) is 4.74. The molecule has 2 nitrogen and oxygen atoms in total. The average Bonchev–Trinajstić information content (AvgIpc) is 2.65. The molecule has 0 amide bonds. The smallest absolute Gasteiger partial charge is 0.0639 e. The van der Waals surface area contributed by atoms with E-state index in [0.717, 1.165) is 12.1 Å². The Bertz CT molecular complexity index is 526. The third-order valence-electron chi connectivity index (χ3n) is 4.27. The van der Waals surface area contributed by atoms with E-state index in [2.05, 4.69) is 63.4 Å². The molecule has 108 valence electrons. The van der Waals surface area contributed by atoms with Crippen molar-refractivity contribution in [2.45, 2.75) is 40.2 Å². The second kappa shape index (κ2) is 5.35. The molecule has 2 rings (SSSR count). The number of hydrogen-bond donors (Lipinski definition) is 1. The number of benzene rings is 1. The van der Waals surface area contributed by atoms with Crippen molar-refractivity contribution in [1.82, 2.24) is 4.90 Å². The molecule has 1 aromatic carbocycles. The van der Waals surface area contributed by atoms with E-state index in [0.29, 0.717) is 12.0 Å². The number of rotatable bonds is 4. The maximum Gasteiger partial charge on any atom is 0.0639 e. The molecular weight excluding hydrogens is 244 g/mol. The summed E-state index contributed by atoms with van der Waals surface area (Å²) in [5, 5.41) is 0. The monoisotopic (exact) mass is 270 g/mol. The van der Waals surface area contributed by atoms with Gasteiger partial charge in [-0.25, -0.2) is 0 Å². The second-order valence-corrected chi connectivity index (χ2v) is 6.60. The molecule has 0 saturated heterocycles. The molecule has 1 unspecified atom stereocenters. The number of nitrogens with zero attached hydrogens (tertiary/aromatic N) is 1. The molecule has 0 radical (unpaired) electrons. The SMILES string of the molecule is C=CN(/C(=C\N)C(C)C)C1c2ccccc2CC1(C)C. The van der Waals surface area contributed by atoms with Gasteiger partial charge in [0.2, 0.25) is 0 Å². The number of fused-ring (bicyclic) bond motifs is 1. The van der Waals surface area contributed by atoms with Crippen LogP contribution in [-0.2, 0) is 6.42 Å². The standard InChI is InChI=1S/C18H26N2/c1-6-20(16(12-19)13(2)3)17-15-10-8-7-9-14(15)11-18(17,4)5/h6-10,12-13,17H,1,11,19H2,2-5H3/b16-12-. The molecule has 2 heteroatoms. The minimum Gasteiger partial charge on any atom is -0.403 e. The summed E-state index contributed by atoms with van der Waals surface area (Å²) < 4.78 is 0. The van der Waals surface area contributed by atoms with Gasteiger partial charge in [0.1, 0.15) is 0 Å². The zero-order chi connectivity index (χ0) is 14.9. The molecule has 2 N–H and O–H groups in total. The van der Waals surface area contributed by atoms with Gasteiger partial charge in [0, 0.05) is 11.9 Å². The molecule has 20 heavy (non-hydrogen) atoms. The topological polar surface area (TPSA) is 29.3 Å². The van der Waals surface area contributed by atoms with E-state index in [9.17, 15) is 0 Å². The highest BCUT2D eigenvalue weighted by Crippen LogP contribution is 2.50. The van der Waals surface area contributed by atoms with Crippen LogP contribution in [0.1, 0.15) is 44.9 Å². The Morgan fingerprint density at radius 2 is 2.05 bits per heavy atom. The summed E-state index contributed by atoms with van der Waals surface area (Å²) in [6.45, 7) is 13.0. The van der Waals surface area contributed by atoms with E-state index in [1.54, 1.807) is 6.20 Å². The predicted octanol–water partition coefficient (Wildman–Crippen LogP) is 4.21. The van der Waals surface area contributed by atoms with Crippen LogP contribution in [0, 0.1) is 11.3 Å². The van der Waals surface area contributed by atoms with Crippen molar-refractivity contribution in [3.05, 3.63) is 60.1 Å². The lowest BCUT2D eigenvalue weighted by molar-refractivity contribution is 0.171. The maximum absolute atomic E-state index is 5.87. The molecule has 1 aliphatic carbocycles. The van der Waals surface area contributed by atoms with E-state index in [4.69, 9.17) is 5.73 Å². The first-order valence-electron chi connectivity index (χ1n) is 7.33. The van der Waals surface area contributed by atoms with Crippen molar-refractivity contribution in [2.75, 3.05) is 0 Å². The molecule has 0 spiro atoms. The highest BCUT2D eigenvalue weighted by Gasteiger charge is 2.42. The van der Waals surface area contributed by atoms with Gasteiger partial charge < -0.3 is 10.6 Å². The van der Waals surface area contributed by atoms with Gasteiger partial charge in [-0.2, -0.15) is 0 Å². The first kappa shape index (κ1) is 14.7. The van der Waals surface area contributed by atoms with Crippen molar-refractivity contribution in [2.24, 2.45) is 17.1 Å². The van der Waals surface area contributed by atoms with Gasteiger partial charge in [0.15, 0.2) is 0 Å². The molecule has 1 atom stereocenters. The molecular formula is C18H26N2. The Hall–Kier alpha value is -1.70. The fourth-order valence-electron chi connectivity index (χ4n) is 3.43. The Kier molecular flexibility index (Phi) is 3.94. The fraction of sp³-hybridized carbons (Fsp3) is 0.444. The minimum absolute atomic E-state index is 0.168. The van der Waals surface area contributed by atoms with Gasteiger partial charge >= 0.3 is 0 Å². The van der Waals surface area contributed by atoms with Crippen LogP contribution in [0.5, 0.6) is 0 Å². The zero-order valence-electron chi connectivity index (χ0n) is 13.1. The summed E-state index contributed by atoms with van der Waals surface area (Å²) in [4.78, 5) is 2.26. The second-order valence-electron chi connectivity index (χ2n) is 6.60. The van der Waals surface area contributed by atoms with E-state index < -0.39 is 0 Å². The van der Waals surface area contributed by atoms with Crippen LogP contribution in [-0.4, -0.2) is 4.90 Å². The summed E-state index contributed by atoms with van der Waals surface area (Å²) in [5.74, 6) is 0.376. The van der Waals surface area contributed by atoms with Crippen molar-refractivity contribution < 1.29 is 0 Å². The van der Waals surface area contributed by atoms with Gasteiger partial charge in [0.05, 0.1) is 6.04 Å². The Balaban J connectivity index is 2.51. The molecule has 1 aromatic rings. The third-order valence-corrected chi connectivity index (χ3v) is 4.27. The molecule has 0 aromatic heterocycles. The van der Waals surface area contributed by atoms with Crippen LogP contribution >= 0.6 is 0 Å². The van der Waals surface area contributed by atoms with Gasteiger partial charge in [0.25, 0.3) is 0 Å². The quantitative estimate of drug-likeness (QED) is 0.888. The van der Waals surface area contributed by atoms with E-state index in [1.807, 2.05) is 6.20 Å². The van der Waals surface area contributed by atoms with Gasteiger partial charge in [-0.05, 0) is 35.1 Å². The van der Waals surface area contributed by atoms with E-state index in [-0.39, 0.29) is 5.41 Å². The lowest BCUT2D eigenvalue weighted by atomic mass is 9.83. The summed E-state index contributed by atoms with van der Waals surface area (Å²) in [7, 11) is 0. The fourth-order valence-corrected chi connectivity index (χ4v) is 3.43. The van der Waals surface area contributed by atoms with Gasteiger partial charge in [-0.15, -0.1) is 0 Å². The first-order chi connectivity index (χ1) is 9.42. The Morgan fingerprint density at radius 3 is 2.60 bits per heavy atom. The minimum atomic E-state index is 0.168. The zero-order valence-corrected chi connectivity index (χ0v) is 13.1.